The van der Waals surface area contributed by atoms with Crippen LogP contribution in [0.3, 0.4) is 0 Å². The number of halogens is 10. The van der Waals surface area contributed by atoms with Crippen LogP contribution in [0.1, 0.15) is 5.56 Å². The van der Waals surface area contributed by atoms with E-state index in [1.54, 1.807) is 0 Å². The number of benzene rings is 2. The molecule has 0 heterocycles. The zero-order valence-corrected chi connectivity index (χ0v) is 17.6. The van der Waals surface area contributed by atoms with Gasteiger partial charge in [-0.1, -0.05) is 24.8 Å². The van der Waals surface area contributed by atoms with Crippen molar-refractivity contribution in [1.82, 2.24) is 0 Å². The van der Waals surface area contributed by atoms with Crippen LogP contribution in [-0.2, 0) is 10.1 Å². The molecule has 0 spiro atoms. The molecule has 0 aliphatic rings. The standard InChI is InChI=1S/C19H12F10O5S/c1-2-9-3-5-10(6-4-9)33-7-17(24,25)19(28,29)18(26,27)8-34-15-11(20)13(22)16(35(30,31)32)14(23)12(15)21/h2-6H,1,7-8H2,(H,30,31,32). The first-order valence-electron chi connectivity index (χ1n) is 8.82. The van der Waals surface area contributed by atoms with Gasteiger partial charge < -0.3 is 9.47 Å². The molecule has 0 amide bonds. The maximum Gasteiger partial charge on any atom is 0.378 e. The first-order valence-corrected chi connectivity index (χ1v) is 10.3. The summed E-state index contributed by atoms with van der Waals surface area (Å²) in [5.74, 6) is -32.1. The van der Waals surface area contributed by atoms with Gasteiger partial charge in [-0.05, 0) is 17.7 Å². The van der Waals surface area contributed by atoms with Gasteiger partial charge in [0.25, 0.3) is 0 Å². The SMILES string of the molecule is C=Cc1ccc(OCC(F)(F)C(F)(F)C(F)(F)COc2c(F)c(F)c(S(=O)(=O)O)c(F)c2F)cc1. The molecule has 0 saturated carbocycles. The second-order valence-corrected chi connectivity index (χ2v) is 8.08. The highest BCUT2D eigenvalue weighted by Crippen LogP contribution is 2.46. The van der Waals surface area contributed by atoms with Gasteiger partial charge in [-0.15, -0.1) is 0 Å². The summed E-state index contributed by atoms with van der Waals surface area (Å²) in [6.45, 7) is -1.84. The fraction of sp³-hybridized carbons (Fsp3) is 0.263. The van der Waals surface area contributed by atoms with E-state index in [0.29, 0.717) is 5.56 Å². The van der Waals surface area contributed by atoms with E-state index in [0.717, 1.165) is 12.1 Å². The van der Waals surface area contributed by atoms with Crippen LogP contribution >= 0.6 is 0 Å². The molecule has 1 N–H and O–H groups in total. The Bertz CT molecular complexity index is 1180. The number of hydrogen-bond donors (Lipinski definition) is 1. The number of ether oxygens (including phenoxy) is 2. The van der Waals surface area contributed by atoms with Crippen molar-refractivity contribution in [3.63, 3.8) is 0 Å². The number of rotatable bonds is 10. The highest BCUT2D eigenvalue weighted by atomic mass is 32.2. The summed E-state index contributed by atoms with van der Waals surface area (Å²) in [6, 6.07) is 4.63. The smallest absolute Gasteiger partial charge is 0.378 e. The summed E-state index contributed by atoms with van der Waals surface area (Å²) >= 11 is 0. The molecule has 0 aromatic heterocycles. The maximum atomic E-state index is 14.0. The Morgan fingerprint density at radius 2 is 1.23 bits per heavy atom. The van der Waals surface area contributed by atoms with Crippen molar-refractivity contribution in [2.45, 2.75) is 22.7 Å². The second kappa shape index (κ2) is 9.56. The number of alkyl halides is 6. The van der Waals surface area contributed by atoms with Crippen molar-refractivity contribution in [2.75, 3.05) is 13.2 Å². The third kappa shape index (κ3) is 5.47. The molecule has 0 unspecified atom stereocenters. The van der Waals surface area contributed by atoms with E-state index >= 15 is 0 Å². The van der Waals surface area contributed by atoms with Crippen LogP contribution < -0.4 is 9.47 Å². The van der Waals surface area contributed by atoms with Gasteiger partial charge in [-0.2, -0.15) is 43.5 Å². The molecule has 16 heteroatoms. The zero-order chi connectivity index (χ0) is 27.0. The average Bonchev–Trinajstić information content (AvgIpc) is 2.75. The normalized spacial score (nSPS) is 13.0. The van der Waals surface area contributed by atoms with Crippen molar-refractivity contribution in [1.29, 1.82) is 0 Å². The topological polar surface area (TPSA) is 72.8 Å². The Hall–Kier alpha value is -3.01. The van der Waals surface area contributed by atoms with Gasteiger partial charge in [0, 0.05) is 0 Å². The van der Waals surface area contributed by atoms with Gasteiger partial charge in [0.1, 0.15) is 5.75 Å². The third-order valence-electron chi connectivity index (χ3n) is 4.29. The molecule has 0 radical (unpaired) electrons. The predicted molar refractivity (Wildman–Crippen MR) is 98.5 cm³/mol. The van der Waals surface area contributed by atoms with E-state index in [1.165, 1.54) is 18.2 Å². The minimum atomic E-state index is -6.29. The average molecular weight is 542 g/mol. The molecule has 35 heavy (non-hydrogen) atoms. The van der Waals surface area contributed by atoms with Crippen LogP contribution in [0, 0.1) is 23.3 Å². The molecule has 0 aliphatic carbocycles. The summed E-state index contributed by atoms with van der Waals surface area (Å²) < 4.78 is 177. The van der Waals surface area contributed by atoms with Gasteiger partial charge in [-0.25, -0.2) is 8.78 Å². The van der Waals surface area contributed by atoms with Gasteiger partial charge in [0.15, 0.2) is 35.5 Å². The van der Waals surface area contributed by atoms with Crippen molar-refractivity contribution >= 4 is 16.2 Å². The van der Waals surface area contributed by atoms with E-state index in [9.17, 15) is 52.3 Å². The molecule has 194 valence electrons. The van der Waals surface area contributed by atoms with E-state index < -0.39 is 80.8 Å². The van der Waals surface area contributed by atoms with Gasteiger partial charge >= 0.3 is 27.9 Å². The fourth-order valence-electron chi connectivity index (χ4n) is 2.43. The molecule has 2 rings (SSSR count). The van der Waals surface area contributed by atoms with Gasteiger partial charge in [0.2, 0.25) is 11.6 Å². The summed E-state index contributed by atoms with van der Waals surface area (Å²) in [6.07, 6.45) is 1.34. The third-order valence-corrected chi connectivity index (χ3v) is 5.17. The lowest BCUT2D eigenvalue weighted by atomic mass is 10.1. The Morgan fingerprint density at radius 3 is 1.63 bits per heavy atom. The summed E-state index contributed by atoms with van der Waals surface area (Å²) in [5.41, 5.74) is 0.482. The molecule has 0 atom stereocenters. The molecule has 2 aromatic rings. The first kappa shape index (κ1) is 28.2. The van der Waals surface area contributed by atoms with Crippen LogP contribution in [-0.4, -0.2) is 44.0 Å². The molecular formula is C19H12F10O5S. The molecule has 5 nitrogen and oxygen atoms in total. The van der Waals surface area contributed by atoms with Crippen molar-refractivity contribution < 1.29 is 66.3 Å². The molecule has 0 aliphatic heterocycles. The molecule has 0 fully saturated rings. The van der Waals surface area contributed by atoms with Crippen LogP contribution in [0.15, 0.2) is 35.7 Å². The minimum Gasteiger partial charge on any atom is -0.487 e. The van der Waals surface area contributed by atoms with E-state index in [1.807, 2.05) is 0 Å². The van der Waals surface area contributed by atoms with E-state index in [-0.39, 0.29) is 0 Å². The van der Waals surface area contributed by atoms with Crippen LogP contribution in [0.25, 0.3) is 6.08 Å². The van der Waals surface area contributed by atoms with Crippen LogP contribution in [0.4, 0.5) is 43.9 Å². The van der Waals surface area contributed by atoms with Crippen molar-refractivity contribution in [3.05, 3.63) is 59.7 Å². The Kier molecular flexibility index (Phi) is 7.71. The summed E-state index contributed by atoms with van der Waals surface area (Å²) in [5, 5.41) is 0. The monoisotopic (exact) mass is 542 g/mol. The second-order valence-electron chi connectivity index (χ2n) is 6.72. The van der Waals surface area contributed by atoms with Gasteiger partial charge in [-0.3, -0.25) is 4.55 Å². The Labute approximate surface area is 190 Å². The van der Waals surface area contributed by atoms with Crippen molar-refractivity contribution in [2.24, 2.45) is 0 Å². The van der Waals surface area contributed by atoms with E-state index in [4.69, 9.17) is 4.55 Å². The molecular weight excluding hydrogens is 530 g/mol. The lowest BCUT2D eigenvalue weighted by Crippen LogP contribution is -2.58. The fourth-order valence-corrected chi connectivity index (χ4v) is 3.06. The minimum absolute atomic E-state index is 0.417. The summed E-state index contributed by atoms with van der Waals surface area (Å²) in [4.78, 5) is -2.57. The quantitative estimate of drug-likeness (QED) is 0.244. The lowest BCUT2D eigenvalue weighted by Gasteiger charge is -2.32. The Morgan fingerprint density at radius 1 is 0.800 bits per heavy atom. The van der Waals surface area contributed by atoms with Gasteiger partial charge in [0.05, 0.1) is 0 Å². The van der Waals surface area contributed by atoms with Crippen molar-refractivity contribution in [3.8, 4) is 11.5 Å². The first-order chi connectivity index (χ1) is 15.9. The molecule has 0 saturated heterocycles. The largest absolute Gasteiger partial charge is 0.487 e. The summed E-state index contributed by atoms with van der Waals surface area (Å²) in [7, 11) is -5.92. The highest BCUT2D eigenvalue weighted by molar-refractivity contribution is 7.85. The molecule has 2 aromatic carbocycles. The van der Waals surface area contributed by atoms with Crippen LogP contribution in [0.5, 0.6) is 11.5 Å². The Balaban J connectivity index is 2.27. The molecule has 0 bridgehead atoms. The van der Waals surface area contributed by atoms with Crippen LogP contribution in [0.2, 0.25) is 0 Å². The highest BCUT2D eigenvalue weighted by Gasteiger charge is 2.72. The predicted octanol–water partition coefficient (Wildman–Crippen LogP) is 5.50. The maximum absolute atomic E-state index is 14.0. The lowest BCUT2D eigenvalue weighted by molar-refractivity contribution is -0.320. The van der Waals surface area contributed by atoms with E-state index in [2.05, 4.69) is 16.1 Å². The number of hydrogen-bond acceptors (Lipinski definition) is 4. The zero-order valence-electron chi connectivity index (χ0n) is 16.8.